The molecule has 0 bridgehead atoms. The van der Waals surface area contributed by atoms with Gasteiger partial charge in [-0.1, -0.05) is 26.0 Å². The average molecular weight is 353 g/mol. The van der Waals surface area contributed by atoms with Crippen molar-refractivity contribution < 1.29 is 8.78 Å². The Kier molecular flexibility index (Phi) is 5.26. The van der Waals surface area contributed by atoms with Crippen LogP contribution in [0.5, 0.6) is 0 Å². The van der Waals surface area contributed by atoms with Gasteiger partial charge in [-0.3, -0.25) is 0 Å². The molecule has 2 aromatic carbocycles. The van der Waals surface area contributed by atoms with E-state index in [1.807, 2.05) is 38.1 Å². The SMILES string of the molecule is Cc1ccc(Nc2ccc(N=NC3=CC(C)[C@@H](C)C(F)=C3)cc2)cc1F. The number of anilines is 2. The third kappa shape index (κ3) is 4.23. The number of azo groups is 1. The Balaban J connectivity index is 1.68. The molecule has 1 aliphatic rings. The van der Waals surface area contributed by atoms with Crippen molar-refractivity contribution in [1.82, 2.24) is 0 Å². The minimum absolute atomic E-state index is 0.0930. The zero-order chi connectivity index (χ0) is 18.7. The number of aryl methyl sites for hydroxylation is 1. The molecule has 0 radical (unpaired) electrons. The zero-order valence-electron chi connectivity index (χ0n) is 15.0. The summed E-state index contributed by atoms with van der Waals surface area (Å²) in [6.07, 6.45) is 3.34. The molecule has 5 heteroatoms. The molecule has 0 aromatic heterocycles. The van der Waals surface area contributed by atoms with Crippen LogP contribution >= 0.6 is 0 Å². The van der Waals surface area contributed by atoms with Crippen molar-refractivity contribution in [2.75, 3.05) is 5.32 Å². The van der Waals surface area contributed by atoms with Gasteiger partial charge in [-0.05, 0) is 60.9 Å². The molecule has 0 heterocycles. The Morgan fingerprint density at radius 1 is 0.923 bits per heavy atom. The first-order valence-electron chi connectivity index (χ1n) is 8.56. The molecular formula is C21H21F2N3. The molecule has 3 rings (SSSR count). The molecule has 0 aliphatic heterocycles. The fraction of sp³-hybridized carbons (Fsp3) is 0.238. The highest BCUT2D eigenvalue weighted by Gasteiger charge is 2.20. The van der Waals surface area contributed by atoms with Crippen LogP contribution in [-0.2, 0) is 0 Å². The Hall–Kier alpha value is -2.82. The third-order valence-corrected chi connectivity index (χ3v) is 4.55. The van der Waals surface area contributed by atoms with E-state index in [1.165, 1.54) is 12.1 Å². The van der Waals surface area contributed by atoms with Crippen molar-refractivity contribution in [1.29, 1.82) is 0 Å². The lowest BCUT2D eigenvalue weighted by Gasteiger charge is -2.18. The number of allylic oxidation sites excluding steroid dienone is 3. The second kappa shape index (κ2) is 7.60. The van der Waals surface area contributed by atoms with E-state index in [0.29, 0.717) is 22.6 Å². The lowest BCUT2D eigenvalue weighted by molar-refractivity contribution is 0.413. The minimum Gasteiger partial charge on any atom is -0.355 e. The van der Waals surface area contributed by atoms with Gasteiger partial charge >= 0.3 is 0 Å². The van der Waals surface area contributed by atoms with E-state index in [2.05, 4.69) is 15.5 Å². The summed E-state index contributed by atoms with van der Waals surface area (Å²) in [6.45, 7) is 5.54. The second-order valence-electron chi connectivity index (χ2n) is 6.60. The van der Waals surface area contributed by atoms with Crippen LogP contribution < -0.4 is 5.32 Å². The number of rotatable bonds is 4. The Morgan fingerprint density at radius 3 is 2.27 bits per heavy atom. The van der Waals surface area contributed by atoms with Crippen LogP contribution in [0.3, 0.4) is 0 Å². The predicted octanol–water partition coefficient (Wildman–Crippen LogP) is 6.98. The van der Waals surface area contributed by atoms with Crippen LogP contribution in [0, 0.1) is 24.6 Å². The highest BCUT2D eigenvalue weighted by Crippen LogP contribution is 2.30. The highest BCUT2D eigenvalue weighted by molar-refractivity contribution is 5.61. The summed E-state index contributed by atoms with van der Waals surface area (Å²) in [5.41, 5.74) is 3.30. The van der Waals surface area contributed by atoms with Gasteiger partial charge in [-0.15, -0.1) is 0 Å². The van der Waals surface area contributed by atoms with Gasteiger partial charge in [0.25, 0.3) is 0 Å². The summed E-state index contributed by atoms with van der Waals surface area (Å²) >= 11 is 0. The molecule has 0 saturated heterocycles. The Morgan fingerprint density at radius 2 is 1.62 bits per heavy atom. The third-order valence-electron chi connectivity index (χ3n) is 4.55. The molecular weight excluding hydrogens is 332 g/mol. The van der Waals surface area contributed by atoms with Crippen molar-refractivity contribution in [2.45, 2.75) is 20.8 Å². The molecule has 2 aromatic rings. The van der Waals surface area contributed by atoms with Crippen LogP contribution in [0.15, 0.2) is 76.4 Å². The molecule has 0 fully saturated rings. The predicted molar refractivity (Wildman–Crippen MR) is 101 cm³/mol. The normalized spacial score (nSPS) is 20.0. The van der Waals surface area contributed by atoms with Crippen molar-refractivity contribution in [3.8, 4) is 0 Å². The lowest BCUT2D eigenvalue weighted by Crippen LogP contribution is -2.10. The van der Waals surface area contributed by atoms with E-state index in [-0.39, 0.29) is 23.5 Å². The van der Waals surface area contributed by atoms with E-state index in [4.69, 9.17) is 0 Å². The first-order chi connectivity index (χ1) is 12.4. The average Bonchev–Trinajstić information content (AvgIpc) is 2.62. The maximum absolute atomic E-state index is 13.8. The van der Waals surface area contributed by atoms with Crippen LogP contribution in [0.1, 0.15) is 19.4 Å². The van der Waals surface area contributed by atoms with E-state index < -0.39 is 0 Å². The van der Waals surface area contributed by atoms with Crippen molar-refractivity contribution in [3.63, 3.8) is 0 Å². The van der Waals surface area contributed by atoms with Gasteiger partial charge in [0.15, 0.2) is 0 Å². The largest absolute Gasteiger partial charge is 0.355 e. The van der Waals surface area contributed by atoms with Crippen molar-refractivity contribution in [3.05, 3.63) is 77.5 Å². The Bertz CT molecular complexity index is 883. The van der Waals surface area contributed by atoms with Crippen LogP contribution in [-0.4, -0.2) is 0 Å². The monoisotopic (exact) mass is 353 g/mol. The fourth-order valence-electron chi connectivity index (χ4n) is 2.61. The summed E-state index contributed by atoms with van der Waals surface area (Å²) in [5, 5.41) is 11.4. The maximum Gasteiger partial charge on any atom is 0.128 e. The van der Waals surface area contributed by atoms with Gasteiger partial charge in [0, 0.05) is 17.3 Å². The highest BCUT2D eigenvalue weighted by atomic mass is 19.1. The standard InChI is InChI=1S/C21H21F2N3/c1-13-4-5-18(11-20(13)22)24-16-6-8-17(9-7-16)25-26-19-10-14(2)15(3)21(23)12-19/h4-12,14-15,24H,1-3H3/t14?,15-/m1/s1. The van der Waals surface area contributed by atoms with Gasteiger partial charge in [-0.25, -0.2) is 8.78 Å². The van der Waals surface area contributed by atoms with E-state index in [0.717, 1.165) is 5.69 Å². The number of nitrogens with zero attached hydrogens (tertiary/aromatic N) is 2. The first kappa shape index (κ1) is 18.0. The summed E-state index contributed by atoms with van der Waals surface area (Å²) in [7, 11) is 0. The summed E-state index contributed by atoms with van der Waals surface area (Å²) in [4.78, 5) is 0. The molecule has 134 valence electrons. The van der Waals surface area contributed by atoms with E-state index >= 15 is 0 Å². The molecule has 0 amide bonds. The second-order valence-corrected chi connectivity index (χ2v) is 6.60. The van der Waals surface area contributed by atoms with E-state index in [1.54, 1.807) is 25.1 Å². The van der Waals surface area contributed by atoms with Gasteiger partial charge in [0.2, 0.25) is 0 Å². The van der Waals surface area contributed by atoms with Crippen LogP contribution in [0.25, 0.3) is 0 Å². The molecule has 1 N–H and O–H groups in total. The number of benzene rings is 2. The quantitative estimate of drug-likeness (QED) is 0.591. The topological polar surface area (TPSA) is 36.8 Å². The Labute approximate surface area is 152 Å². The molecule has 26 heavy (non-hydrogen) atoms. The molecule has 0 saturated carbocycles. The van der Waals surface area contributed by atoms with Crippen LogP contribution in [0.2, 0.25) is 0 Å². The molecule has 0 spiro atoms. The first-order valence-corrected chi connectivity index (χ1v) is 8.56. The molecule has 1 unspecified atom stereocenters. The summed E-state index contributed by atoms with van der Waals surface area (Å²) in [6, 6.07) is 12.3. The molecule has 3 nitrogen and oxygen atoms in total. The molecule has 2 atom stereocenters. The van der Waals surface area contributed by atoms with Crippen molar-refractivity contribution in [2.24, 2.45) is 22.1 Å². The number of hydrogen-bond acceptors (Lipinski definition) is 3. The number of nitrogens with one attached hydrogen (secondary N) is 1. The van der Waals surface area contributed by atoms with Crippen LogP contribution in [0.4, 0.5) is 25.8 Å². The van der Waals surface area contributed by atoms with Gasteiger partial charge in [0.1, 0.15) is 11.6 Å². The van der Waals surface area contributed by atoms with E-state index in [9.17, 15) is 8.78 Å². The summed E-state index contributed by atoms with van der Waals surface area (Å²) < 4.78 is 27.4. The summed E-state index contributed by atoms with van der Waals surface area (Å²) in [5.74, 6) is -0.440. The van der Waals surface area contributed by atoms with Crippen molar-refractivity contribution >= 4 is 17.1 Å². The maximum atomic E-state index is 13.8. The van der Waals surface area contributed by atoms with Gasteiger partial charge in [-0.2, -0.15) is 10.2 Å². The zero-order valence-corrected chi connectivity index (χ0v) is 15.0. The molecule has 1 aliphatic carbocycles. The fourth-order valence-corrected chi connectivity index (χ4v) is 2.61. The van der Waals surface area contributed by atoms with Gasteiger partial charge in [0.05, 0.1) is 11.4 Å². The smallest absolute Gasteiger partial charge is 0.128 e. The van der Waals surface area contributed by atoms with Gasteiger partial charge < -0.3 is 5.32 Å². The number of halogens is 2. The number of hydrogen-bond donors (Lipinski definition) is 1. The minimum atomic E-state index is -0.245. The lowest BCUT2D eigenvalue weighted by atomic mass is 9.90.